The van der Waals surface area contributed by atoms with Crippen molar-refractivity contribution >= 4 is 32.5 Å². The lowest BCUT2D eigenvalue weighted by Gasteiger charge is -2.32. The first kappa shape index (κ1) is 24.4. The number of carbonyl (C=O) groups excluding carboxylic acids is 1. The van der Waals surface area contributed by atoms with E-state index in [0.717, 1.165) is 48.8 Å². The predicted octanol–water partition coefficient (Wildman–Crippen LogP) is 4.33. The van der Waals surface area contributed by atoms with Crippen molar-refractivity contribution in [1.29, 1.82) is 0 Å². The smallest absolute Gasteiger partial charge is 0.255 e. The monoisotopic (exact) mass is 482 g/mol. The highest BCUT2D eigenvalue weighted by molar-refractivity contribution is 7.89. The molecule has 2 aromatic carbocycles. The first-order chi connectivity index (χ1) is 16.2. The fraction of sp³-hybridized carbons (Fsp3) is 0.423. The number of piperidine rings is 1. The summed E-state index contributed by atoms with van der Waals surface area (Å²) >= 11 is 0. The number of rotatable bonds is 7. The van der Waals surface area contributed by atoms with Gasteiger partial charge in [-0.15, -0.1) is 0 Å². The first-order valence-electron chi connectivity index (χ1n) is 11.8. The molecule has 34 heavy (non-hydrogen) atoms. The first-order valence-corrected chi connectivity index (χ1v) is 13.3. The molecule has 1 amide bonds. The molecule has 1 saturated heterocycles. The predicted molar refractivity (Wildman–Crippen MR) is 137 cm³/mol. The van der Waals surface area contributed by atoms with Crippen LogP contribution in [0.5, 0.6) is 0 Å². The summed E-state index contributed by atoms with van der Waals surface area (Å²) in [5.41, 5.74) is 2.90. The van der Waals surface area contributed by atoms with E-state index in [1.54, 1.807) is 16.4 Å². The standard InChI is InChI=1S/C26H34N4O3S/c1-19-8-10-23(34(32,33)30-13-6-5-7-20(30)2)18-24(19)26(31)27-22-9-11-25-21(17-22)12-14-29(25)16-15-28(3)4/h8-12,14,17-18,20H,5-7,13,15-16H2,1-4H3,(H,27,31). The molecule has 0 aliphatic carbocycles. The lowest BCUT2D eigenvalue weighted by atomic mass is 10.1. The summed E-state index contributed by atoms with van der Waals surface area (Å²) in [6.45, 7) is 6.12. The Morgan fingerprint density at radius 3 is 2.65 bits per heavy atom. The fourth-order valence-corrected chi connectivity index (χ4v) is 6.28. The van der Waals surface area contributed by atoms with E-state index in [2.05, 4.69) is 35.1 Å². The molecule has 1 N–H and O–H groups in total. The second-order valence-corrected chi connectivity index (χ2v) is 11.4. The second-order valence-electron chi connectivity index (χ2n) is 9.48. The third kappa shape index (κ3) is 5.04. The van der Waals surface area contributed by atoms with Gasteiger partial charge >= 0.3 is 0 Å². The van der Waals surface area contributed by atoms with Gasteiger partial charge in [-0.2, -0.15) is 4.31 Å². The zero-order chi connectivity index (χ0) is 24.5. The summed E-state index contributed by atoms with van der Waals surface area (Å²) in [5, 5.41) is 4.00. The zero-order valence-corrected chi connectivity index (χ0v) is 21.2. The number of nitrogens with zero attached hydrogens (tertiary/aromatic N) is 3. The van der Waals surface area contributed by atoms with Crippen LogP contribution >= 0.6 is 0 Å². The van der Waals surface area contributed by atoms with Gasteiger partial charge < -0.3 is 14.8 Å². The zero-order valence-electron chi connectivity index (χ0n) is 20.4. The van der Waals surface area contributed by atoms with Crippen LogP contribution in [0.25, 0.3) is 10.9 Å². The van der Waals surface area contributed by atoms with Crippen molar-refractivity contribution in [3.8, 4) is 0 Å². The van der Waals surface area contributed by atoms with Gasteiger partial charge in [0.25, 0.3) is 5.91 Å². The van der Waals surface area contributed by atoms with E-state index >= 15 is 0 Å². The van der Waals surface area contributed by atoms with Crippen LogP contribution < -0.4 is 5.32 Å². The van der Waals surface area contributed by atoms with Crippen molar-refractivity contribution in [2.45, 2.75) is 50.6 Å². The van der Waals surface area contributed by atoms with Gasteiger partial charge in [-0.05, 0) is 82.7 Å². The molecule has 1 aromatic heterocycles. The van der Waals surface area contributed by atoms with Crippen molar-refractivity contribution in [2.24, 2.45) is 0 Å². The molecular weight excluding hydrogens is 448 g/mol. The lowest BCUT2D eigenvalue weighted by Crippen LogP contribution is -2.42. The van der Waals surface area contributed by atoms with Gasteiger partial charge in [0.1, 0.15) is 0 Å². The molecular formula is C26H34N4O3S. The largest absolute Gasteiger partial charge is 0.346 e. The van der Waals surface area contributed by atoms with Crippen molar-refractivity contribution < 1.29 is 13.2 Å². The van der Waals surface area contributed by atoms with Crippen LogP contribution in [0, 0.1) is 6.92 Å². The molecule has 182 valence electrons. The molecule has 1 atom stereocenters. The number of aryl methyl sites for hydroxylation is 1. The van der Waals surface area contributed by atoms with Gasteiger partial charge in [0, 0.05) is 54.0 Å². The highest BCUT2D eigenvalue weighted by Crippen LogP contribution is 2.27. The van der Waals surface area contributed by atoms with Crippen molar-refractivity contribution in [1.82, 2.24) is 13.8 Å². The van der Waals surface area contributed by atoms with E-state index in [-0.39, 0.29) is 16.8 Å². The Kier molecular flexibility index (Phi) is 7.12. The number of hydrogen-bond acceptors (Lipinski definition) is 4. The van der Waals surface area contributed by atoms with Crippen molar-refractivity contribution in [2.75, 3.05) is 32.5 Å². The number of anilines is 1. The topological polar surface area (TPSA) is 74.6 Å². The Morgan fingerprint density at radius 1 is 1.12 bits per heavy atom. The molecule has 0 saturated carbocycles. The highest BCUT2D eigenvalue weighted by Gasteiger charge is 2.31. The number of aromatic nitrogens is 1. The van der Waals surface area contributed by atoms with Crippen LogP contribution in [-0.2, 0) is 16.6 Å². The van der Waals surface area contributed by atoms with Gasteiger partial charge in [0.05, 0.1) is 4.90 Å². The van der Waals surface area contributed by atoms with Crippen molar-refractivity contribution in [3.63, 3.8) is 0 Å². The summed E-state index contributed by atoms with van der Waals surface area (Å²) in [6, 6.07) is 12.7. The molecule has 7 nitrogen and oxygen atoms in total. The maximum absolute atomic E-state index is 13.3. The fourth-order valence-electron chi connectivity index (χ4n) is 4.55. The Morgan fingerprint density at radius 2 is 1.91 bits per heavy atom. The summed E-state index contributed by atoms with van der Waals surface area (Å²) in [7, 11) is 0.453. The molecule has 4 rings (SSSR count). The highest BCUT2D eigenvalue weighted by atomic mass is 32.2. The third-order valence-corrected chi connectivity index (χ3v) is 8.63. The Hall–Kier alpha value is -2.68. The number of benzene rings is 2. The number of hydrogen-bond donors (Lipinski definition) is 1. The molecule has 3 aromatic rings. The average Bonchev–Trinajstić information content (AvgIpc) is 3.20. The quantitative estimate of drug-likeness (QED) is 0.544. The number of nitrogens with one attached hydrogen (secondary N) is 1. The SMILES string of the molecule is Cc1ccc(S(=O)(=O)N2CCCCC2C)cc1C(=O)Nc1ccc2c(ccn2CCN(C)C)c1. The van der Waals surface area contributed by atoms with Crippen LogP contribution in [0.2, 0.25) is 0 Å². The molecule has 0 radical (unpaired) electrons. The maximum Gasteiger partial charge on any atom is 0.255 e. The number of fused-ring (bicyclic) bond motifs is 1. The molecule has 2 heterocycles. The Bertz CT molecular complexity index is 1300. The van der Waals surface area contributed by atoms with Gasteiger partial charge in [0.15, 0.2) is 0 Å². The summed E-state index contributed by atoms with van der Waals surface area (Å²) in [4.78, 5) is 15.5. The van der Waals surface area contributed by atoms with Crippen LogP contribution in [0.4, 0.5) is 5.69 Å². The summed E-state index contributed by atoms with van der Waals surface area (Å²) in [5.74, 6) is -0.312. The minimum Gasteiger partial charge on any atom is -0.346 e. The van der Waals surface area contributed by atoms with E-state index in [1.165, 1.54) is 6.07 Å². The average molecular weight is 483 g/mol. The van der Waals surface area contributed by atoms with E-state index in [9.17, 15) is 13.2 Å². The van der Waals surface area contributed by atoms with Crippen LogP contribution in [0.3, 0.4) is 0 Å². The maximum atomic E-state index is 13.3. The molecule has 0 bridgehead atoms. The van der Waals surface area contributed by atoms with Crippen molar-refractivity contribution in [3.05, 3.63) is 59.8 Å². The van der Waals surface area contributed by atoms with Crippen LogP contribution in [0.15, 0.2) is 53.6 Å². The number of carbonyl (C=O) groups is 1. The summed E-state index contributed by atoms with van der Waals surface area (Å²) < 4.78 is 30.3. The van der Waals surface area contributed by atoms with E-state index < -0.39 is 10.0 Å². The van der Waals surface area contributed by atoms with Gasteiger partial charge in [-0.3, -0.25) is 4.79 Å². The van der Waals surface area contributed by atoms with Gasteiger partial charge in [-0.25, -0.2) is 8.42 Å². The molecule has 1 aliphatic rings. The Labute approximate surface area is 202 Å². The van der Waals surface area contributed by atoms with E-state index in [4.69, 9.17) is 0 Å². The van der Waals surface area contributed by atoms with Crippen LogP contribution in [-0.4, -0.2) is 61.3 Å². The minimum absolute atomic E-state index is 0.0333. The van der Waals surface area contributed by atoms with E-state index in [0.29, 0.717) is 17.8 Å². The molecule has 1 unspecified atom stereocenters. The lowest BCUT2D eigenvalue weighted by molar-refractivity contribution is 0.102. The minimum atomic E-state index is -3.65. The second kappa shape index (κ2) is 9.90. The third-order valence-electron chi connectivity index (χ3n) is 6.62. The molecule has 1 aliphatic heterocycles. The normalized spacial score (nSPS) is 17.4. The van der Waals surface area contributed by atoms with E-state index in [1.807, 2.05) is 38.1 Å². The van der Waals surface area contributed by atoms with Gasteiger partial charge in [-0.1, -0.05) is 12.5 Å². The Balaban J connectivity index is 1.56. The number of sulfonamides is 1. The molecule has 1 fully saturated rings. The number of likely N-dealkylation sites (N-methyl/N-ethyl adjacent to an activating group) is 1. The number of amides is 1. The molecule has 8 heteroatoms. The van der Waals surface area contributed by atoms with Crippen LogP contribution in [0.1, 0.15) is 42.1 Å². The van der Waals surface area contributed by atoms with Gasteiger partial charge in [0.2, 0.25) is 10.0 Å². The summed E-state index contributed by atoms with van der Waals surface area (Å²) in [6.07, 6.45) is 4.82. The molecule has 0 spiro atoms.